The highest BCUT2D eigenvalue weighted by Crippen LogP contribution is 2.28. The van der Waals surface area contributed by atoms with Gasteiger partial charge >= 0.3 is 13.7 Å². The maximum absolute atomic E-state index is 12.4. The van der Waals surface area contributed by atoms with Gasteiger partial charge in [0, 0.05) is 0 Å². The van der Waals surface area contributed by atoms with Crippen molar-refractivity contribution in [2.75, 3.05) is 0 Å². The molecule has 1 N–H and O–H groups in total. The average molecular weight is 274 g/mol. The van der Waals surface area contributed by atoms with Crippen molar-refractivity contribution in [3.63, 3.8) is 0 Å². The zero-order valence-corrected chi connectivity index (χ0v) is 11.5. The second kappa shape index (κ2) is 5.17. The summed E-state index contributed by atoms with van der Waals surface area (Å²) in [7, 11) is 0.148. The van der Waals surface area contributed by atoms with Gasteiger partial charge in [-0.1, -0.05) is 29.7 Å². The summed E-state index contributed by atoms with van der Waals surface area (Å²) in [5.41, 5.74) is -1.89. The van der Waals surface area contributed by atoms with Crippen molar-refractivity contribution >= 4 is 12.9 Å². The number of hydrogen-bond donors (Lipinski definition) is 1. The number of aliphatic hydroxyl groups is 1. The molecule has 6 heteroatoms. The molecule has 0 radical (unpaired) electrons. The normalized spacial score (nSPS) is 13.5. The van der Waals surface area contributed by atoms with Gasteiger partial charge in [0.15, 0.2) is 0 Å². The van der Waals surface area contributed by atoms with Crippen molar-refractivity contribution in [3.8, 4) is 0 Å². The van der Waals surface area contributed by atoms with Crippen LogP contribution in [0, 0.1) is 0 Å². The number of alkyl halides is 3. The summed E-state index contributed by atoms with van der Waals surface area (Å²) in [5, 5.41) is 9.90. The number of benzene rings is 1. The molecule has 0 saturated heterocycles. The zero-order chi connectivity index (χ0) is 14.9. The van der Waals surface area contributed by atoms with Crippen LogP contribution in [0.25, 0.3) is 0 Å². The van der Waals surface area contributed by atoms with Crippen LogP contribution >= 0.6 is 0 Å². The molecule has 0 saturated carbocycles. The fourth-order valence-electron chi connectivity index (χ4n) is 1.23. The Balaban J connectivity index is 2.70. The van der Waals surface area contributed by atoms with E-state index in [0.29, 0.717) is 5.46 Å². The van der Waals surface area contributed by atoms with E-state index in [1.807, 2.05) is 0 Å². The lowest BCUT2D eigenvalue weighted by molar-refractivity contribution is -0.137. The molecular weight excluding hydrogens is 256 g/mol. The molecule has 1 rings (SSSR count). The van der Waals surface area contributed by atoms with Crippen LogP contribution in [0.1, 0.15) is 33.3 Å². The maximum Gasteiger partial charge on any atom is 0.416 e. The summed E-state index contributed by atoms with van der Waals surface area (Å²) in [4.78, 5) is 0. The largest absolute Gasteiger partial charge is 0.427 e. The predicted octanol–water partition coefficient (Wildman–Crippen LogP) is 2.25. The maximum atomic E-state index is 12.4. The van der Waals surface area contributed by atoms with Gasteiger partial charge in [-0.2, -0.15) is 13.2 Å². The lowest BCUT2D eigenvalue weighted by atomic mass is 9.82. The summed E-state index contributed by atoms with van der Waals surface area (Å²) in [6.45, 7) is 6.72. The molecule has 1 aromatic rings. The zero-order valence-electron chi connectivity index (χ0n) is 11.5. The summed E-state index contributed by atoms with van der Waals surface area (Å²) in [6.07, 6.45) is -4.33. The van der Waals surface area contributed by atoms with E-state index in [-0.39, 0.29) is 7.48 Å². The van der Waals surface area contributed by atoms with Crippen LogP contribution < -0.4 is 5.46 Å². The monoisotopic (exact) mass is 274 g/mol. The predicted molar refractivity (Wildman–Crippen MR) is 69.7 cm³/mol. The third-order valence-electron chi connectivity index (χ3n) is 3.35. The molecule has 0 heterocycles. The topological polar surface area (TPSA) is 29.5 Å². The summed E-state index contributed by atoms with van der Waals surface area (Å²) < 4.78 is 42.7. The molecule has 2 nitrogen and oxygen atoms in total. The van der Waals surface area contributed by atoms with Crippen molar-refractivity contribution in [2.24, 2.45) is 0 Å². The van der Waals surface area contributed by atoms with Crippen LogP contribution in [0.15, 0.2) is 24.3 Å². The van der Waals surface area contributed by atoms with Crippen LogP contribution in [0.5, 0.6) is 0 Å². The van der Waals surface area contributed by atoms with Crippen molar-refractivity contribution in [2.45, 2.75) is 45.1 Å². The molecule has 106 valence electrons. The molecule has 0 atom stereocenters. The van der Waals surface area contributed by atoms with Crippen molar-refractivity contribution in [1.29, 1.82) is 0 Å². The number of halogens is 3. The van der Waals surface area contributed by atoms with E-state index in [9.17, 15) is 18.3 Å². The van der Waals surface area contributed by atoms with E-state index in [4.69, 9.17) is 4.65 Å². The fraction of sp³-hybridized carbons (Fsp3) is 0.538. The van der Waals surface area contributed by atoms with Gasteiger partial charge in [0.1, 0.15) is 0 Å². The molecule has 0 aliphatic carbocycles. The van der Waals surface area contributed by atoms with Crippen molar-refractivity contribution in [1.82, 2.24) is 0 Å². The minimum Gasteiger partial charge on any atom is -0.427 e. The fourth-order valence-corrected chi connectivity index (χ4v) is 1.23. The molecule has 0 spiro atoms. The Morgan fingerprint density at radius 2 is 1.47 bits per heavy atom. The van der Waals surface area contributed by atoms with E-state index in [1.165, 1.54) is 12.1 Å². The summed E-state index contributed by atoms with van der Waals surface area (Å²) >= 11 is 0. The van der Waals surface area contributed by atoms with E-state index in [2.05, 4.69) is 0 Å². The average Bonchev–Trinajstić information content (AvgIpc) is 2.24. The Morgan fingerprint density at radius 1 is 1.00 bits per heavy atom. The quantitative estimate of drug-likeness (QED) is 0.853. The Morgan fingerprint density at radius 3 is 1.84 bits per heavy atom. The Bertz CT molecular complexity index is 419. The molecule has 0 fully saturated rings. The first-order valence-electron chi connectivity index (χ1n) is 5.96. The first-order chi connectivity index (χ1) is 8.43. The van der Waals surface area contributed by atoms with Crippen molar-refractivity contribution < 1.29 is 22.9 Å². The standard InChI is InChI=1S/C13H18BF3O2/c1-11(2,18)12(3,4)19-14-10-7-5-9(6-8-10)13(15,16)17/h5-8,14,18H,1-4H3. The van der Waals surface area contributed by atoms with Crippen LogP contribution in [0.4, 0.5) is 13.2 Å². The van der Waals surface area contributed by atoms with Gasteiger partial charge in [0.2, 0.25) is 0 Å². The Hall–Kier alpha value is -1.01. The smallest absolute Gasteiger partial charge is 0.416 e. The van der Waals surface area contributed by atoms with Gasteiger partial charge in [0.05, 0.1) is 16.8 Å². The highest BCUT2D eigenvalue weighted by Gasteiger charge is 2.35. The molecule has 0 unspecified atom stereocenters. The Kier molecular flexibility index (Phi) is 4.37. The first kappa shape index (κ1) is 16.1. The second-order valence-corrected chi connectivity index (χ2v) is 5.55. The summed E-state index contributed by atoms with van der Waals surface area (Å²) in [5.74, 6) is 0. The van der Waals surface area contributed by atoms with E-state index < -0.39 is 22.9 Å². The molecular formula is C13H18BF3O2. The first-order valence-corrected chi connectivity index (χ1v) is 5.96. The third-order valence-corrected chi connectivity index (χ3v) is 3.35. The van der Waals surface area contributed by atoms with Crippen LogP contribution in [-0.2, 0) is 10.8 Å². The highest BCUT2D eigenvalue weighted by molar-refractivity contribution is 6.47. The molecule has 0 aliphatic heterocycles. The van der Waals surface area contributed by atoms with Crippen LogP contribution in [-0.4, -0.2) is 23.8 Å². The number of rotatable bonds is 4. The molecule has 0 aromatic heterocycles. The molecule has 1 aromatic carbocycles. The van der Waals surface area contributed by atoms with Gasteiger partial charge in [-0.25, -0.2) is 0 Å². The third kappa shape index (κ3) is 4.25. The van der Waals surface area contributed by atoms with E-state index in [0.717, 1.165) is 12.1 Å². The highest BCUT2D eigenvalue weighted by atomic mass is 19.4. The number of hydrogen-bond acceptors (Lipinski definition) is 2. The lowest BCUT2D eigenvalue weighted by Gasteiger charge is -2.37. The van der Waals surface area contributed by atoms with Gasteiger partial charge in [-0.3, -0.25) is 0 Å². The van der Waals surface area contributed by atoms with Gasteiger partial charge < -0.3 is 9.76 Å². The van der Waals surface area contributed by atoms with E-state index in [1.54, 1.807) is 27.7 Å². The summed E-state index contributed by atoms with van der Waals surface area (Å²) in [6, 6.07) is 4.80. The Labute approximate surface area is 111 Å². The lowest BCUT2D eigenvalue weighted by Crippen LogP contribution is -2.49. The molecule has 19 heavy (non-hydrogen) atoms. The SMILES string of the molecule is CC(C)(O)C(C)(C)OBc1ccc(C(F)(F)F)cc1. The molecule has 0 bridgehead atoms. The van der Waals surface area contributed by atoms with E-state index >= 15 is 0 Å². The molecule has 0 aliphatic rings. The minimum atomic E-state index is -4.33. The molecule has 0 amide bonds. The second-order valence-electron chi connectivity index (χ2n) is 5.55. The van der Waals surface area contributed by atoms with Gasteiger partial charge in [0.25, 0.3) is 0 Å². The van der Waals surface area contributed by atoms with Gasteiger partial charge in [-0.15, -0.1) is 0 Å². The van der Waals surface area contributed by atoms with Crippen LogP contribution in [0.3, 0.4) is 0 Å². The van der Waals surface area contributed by atoms with Gasteiger partial charge in [-0.05, 0) is 27.7 Å². The van der Waals surface area contributed by atoms with Crippen molar-refractivity contribution in [3.05, 3.63) is 29.8 Å². The minimum absolute atomic E-state index is 0.148. The van der Waals surface area contributed by atoms with Crippen LogP contribution in [0.2, 0.25) is 0 Å².